The molecular formula is C37H36O5. The summed E-state index contributed by atoms with van der Waals surface area (Å²) >= 11 is 0. The number of hydrogen-bond donors (Lipinski definition) is 0. The standard InChI is InChI=1S/C37H36O5/c1-4-12-28(13-5-1)24-38-27-35-37(40-26-30-16-8-3-9-17-30)34(39-25-29-14-6-2-7-15-29)23-36(42-35)41-33-21-20-31-18-10-11-19-32(31)22-33/h1-22,34-37H,23-27H2/t34-,35-,36-,37+/m1/s1. The number of fused-ring (bicyclic) bond motifs is 1. The number of benzene rings is 5. The molecule has 0 spiro atoms. The van der Waals surface area contributed by atoms with E-state index < -0.39 is 12.4 Å². The van der Waals surface area contributed by atoms with Gasteiger partial charge in [0.1, 0.15) is 18.0 Å². The number of ether oxygens (including phenoxy) is 5. The smallest absolute Gasteiger partial charge is 0.202 e. The third kappa shape index (κ3) is 7.64. The van der Waals surface area contributed by atoms with E-state index in [1.807, 2.05) is 72.8 Å². The summed E-state index contributed by atoms with van der Waals surface area (Å²) in [6.45, 7) is 1.75. The Labute approximate surface area is 247 Å². The van der Waals surface area contributed by atoms with E-state index in [0.29, 0.717) is 32.8 Å². The molecule has 0 radical (unpaired) electrons. The Hall–Kier alpha value is -4.00. The first-order valence-corrected chi connectivity index (χ1v) is 14.5. The fourth-order valence-corrected chi connectivity index (χ4v) is 5.28. The van der Waals surface area contributed by atoms with Gasteiger partial charge in [-0.2, -0.15) is 0 Å². The van der Waals surface area contributed by atoms with Crippen molar-refractivity contribution in [2.75, 3.05) is 6.61 Å². The molecular weight excluding hydrogens is 524 g/mol. The third-order valence-corrected chi connectivity index (χ3v) is 7.46. The van der Waals surface area contributed by atoms with Crippen molar-refractivity contribution in [2.45, 2.75) is 50.8 Å². The third-order valence-electron chi connectivity index (χ3n) is 7.46. The van der Waals surface area contributed by atoms with Crippen molar-refractivity contribution in [3.05, 3.63) is 150 Å². The highest BCUT2D eigenvalue weighted by Gasteiger charge is 2.41. The second kappa shape index (κ2) is 14.3. The van der Waals surface area contributed by atoms with E-state index in [4.69, 9.17) is 23.7 Å². The first-order valence-electron chi connectivity index (χ1n) is 14.5. The Bertz CT molecular complexity index is 1510. The summed E-state index contributed by atoms with van der Waals surface area (Å²) < 4.78 is 32.3. The molecule has 214 valence electrons. The Morgan fingerprint density at radius 2 is 1.14 bits per heavy atom. The van der Waals surface area contributed by atoms with Crippen LogP contribution in [0.4, 0.5) is 0 Å². The first kappa shape index (κ1) is 28.1. The quantitative estimate of drug-likeness (QED) is 0.156. The molecule has 5 nitrogen and oxygen atoms in total. The summed E-state index contributed by atoms with van der Waals surface area (Å²) in [6.07, 6.45) is -1.00. The normalized spacial score (nSPS) is 20.4. The van der Waals surface area contributed by atoms with Gasteiger partial charge in [-0.3, -0.25) is 0 Å². The molecule has 1 heterocycles. The van der Waals surface area contributed by atoms with Crippen LogP contribution in [0.2, 0.25) is 0 Å². The average molecular weight is 561 g/mol. The van der Waals surface area contributed by atoms with Crippen molar-refractivity contribution in [3.63, 3.8) is 0 Å². The van der Waals surface area contributed by atoms with E-state index in [2.05, 4.69) is 60.7 Å². The zero-order chi connectivity index (χ0) is 28.4. The molecule has 4 atom stereocenters. The Morgan fingerprint density at radius 1 is 0.571 bits per heavy atom. The van der Waals surface area contributed by atoms with E-state index in [1.54, 1.807) is 0 Å². The molecule has 1 saturated heterocycles. The summed E-state index contributed by atoms with van der Waals surface area (Å²) in [7, 11) is 0. The van der Waals surface area contributed by atoms with Crippen LogP contribution in [-0.4, -0.2) is 31.2 Å². The summed E-state index contributed by atoms with van der Waals surface area (Å²) in [5.74, 6) is 0.758. The minimum Gasteiger partial charge on any atom is -0.465 e. The number of rotatable bonds is 12. The fraction of sp³-hybridized carbons (Fsp3) is 0.243. The minimum atomic E-state index is -0.520. The molecule has 1 fully saturated rings. The van der Waals surface area contributed by atoms with Crippen LogP contribution in [0.15, 0.2) is 133 Å². The van der Waals surface area contributed by atoms with Gasteiger partial charge in [0.15, 0.2) is 0 Å². The molecule has 0 amide bonds. The molecule has 1 aliphatic heterocycles. The van der Waals surface area contributed by atoms with Crippen LogP contribution in [0.25, 0.3) is 10.8 Å². The van der Waals surface area contributed by atoms with Gasteiger partial charge < -0.3 is 23.7 Å². The van der Waals surface area contributed by atoms with Gasteiger partial charge in [-0.15, -0.1) is 0 Å². The molecule has 5 aromatic carbocycles. The molecule has 0 aromatic heterocycles. The van der Waals surface area contributed by atoms with Gasteiger partial charge >= 0.3 is 0 Å². The van der Waals surface area contributed by atoms with E-state index in [9.17, 15) is 0 Å². The van der Waals surface area contributed by atoms with E-state index in [1.165, 1.54) is 5.39 Å². The highest BCUT2D eigenvalue weighted by molar-refractivity contribution is 5.83. The van der Waals surface area contributed by atoms with Crippen LogP contribution in [0.1, 0.15) is 23.1 Å². The summed E-state index contributed by atoms with van der Waals surface area (Å²) in [6, 6.07) is 44.9. The molecule has 0 bridgehead atoms. The second-order valence-electron chi connectivity index (χ2n) is 10.6. The van der Waals surface area contributed by atoms with E-state index in [-0.39, 0.29) is 12.2 Å². The predicted octanol–water partition coefficient (Wildman–Crippen LogP) is 7.72. The lowest BCUT2D eigenvalue weighted by Gasteiger charge is -2.41. The molecule has 0 saturated carbocycles. The molecule has 42 heavy (non-hydrogen) atoms. The van der Waals surface area contributed by atoms with E-state index in [0.717, 1.165) is 27.8 Å². The van der Waals surface area contributed by atoms with Crippen LogP contribution in [0, 0.1) is 0 Å². The van der Waals surface area contributed by atoms with Gasteiger partial charge in [-0.05, 0) is 39.6 Å². The van der Waals surface area contributed by atoms with Gasteiger partial charge in [-0.1, -0.05) is 121 Å². The Balaban J connectivity index is 1.22. The molecule has 0 aliphatic carbocycles. The molecule has 5 heteroatoms. The Kier molecular flexibility index (Phi) is 9.55. The van der Waals surface area contributed by atoms with Gasteiger partial charge in [0.25, 0.3) is 0 Å². The van der Waals surface area contributed by atoms with Crippen molar-refractivity contribution < 1.29 is 23.7 Å². The molecule has 0 unspecified atom stereocenters. The number of hydrogen-bond acceptors (Lipinski definition) is 5. The lowest BCUT2D eigenvalue weighted by molar-refractivity contribution is -0.257. The average Bonchev–Trinajstić information content (AvgIpc) is 3.05. The zero-order valence-electron chi connectivity index (χ0n) is 23.6. The summed E-state index contributed by atoms with van der Waals surface area (Å²) in [5, 5.41) is 2.29. The van der Waals surface area contributed by atoms with Crippen molar-refractivity contribution >= 4 is 10.8 Å². The minimum absolute atomic E-state index is 0.265. The highest BCUT2D eigenvalue weighted by atomic mass is 16.7. The van der Waals surface area contributed by atoms with Crippen LogP contribution < -0.4 is 4.74 Å². The summed E-state index contributed by atoms with van der Waals surface area (Å²) in [5.41, 5.74) is 3.31. The van der Waals surface area contributed by atoms with Crippen molar-refractivity contribution in [3.8, 4) is 5.75 Å². The van der Waals surface area contributed by atoms with Crippen LogP contribution >= 0.6 is 0 Å². The SMILES string of the molecule is c1ccc(COC[C@H]2O[C@@H](Oc3ccc4ccccc4c3)C[C@@H](OCc3ccccc3)[C@@H]2OCc2ccccc2)cc1. The molecule has 6 rings (SSSR count). The monoisotopic (exact) mass is 560 g/mol. The van der Waals surface area contributed by atoms with Gasteiger partial charge in [0, 0.05) is 6.42 Å². The van der Waals surface area contributed by atoms with E-state index >= 15 is 0 Å². The van der Waals surface area contributed by atoms with Gasteiger partial charge in [-0.25, -0.2) is 0 Å². The van der Waals surface area contributed by atoms with Crippen LogP contribution in [0.3, 0.4) is 0 Å². The highest BCUT2D eigenvalue weighted by Crippen LogP contribution is 2.30. The second-order valence-corrected chi connectivity index (χ2v) is 10.6. The maximum atomic E-state index is 6.57. The van der Waals surface area contributed by atoms with Gasteiger partial charge in [0.05, 0.1) is 32.5 Å². The largest absolute Gasteiger partial charge is 0.465 e. The predicted molar refractivity (Wildman–Crippen MR) is 164 cm³/mol. The molecule has 1 aliphatic rings. The molecule has 0 N–H and O–H groups in total. The van der Waals surface area contributed by atoms with Crippen LogP contribution in [0.5, 0.6) is 5.75 Å². The maximum Gasteiger partial charge on any atom is 0.202 e. The molecule has 5 aromatic rings. The lowest BCUT2D eigenvalue weighted by atomic mass is 10.0. The zero-order valence-corrected chi connectivity index (χ0v) is 23.6. The van der Waals surface area contributed by atoms with Crippen molar-refractivity contribution in [1.82, 2.24) is 0 Å². The van der Waals surface area contributed by atoms with Crippen molar-refractivity contribution in [2.24, 2.45) is 0 Å². The van der Waals surface area contributed by atoms with Gasteiger partial charge in [0.2, 0.25) is 6.29 Å². The fourth-order valence-electron chi connectivity index (χ4n) is 5.28. The summed E-state index contributed by atoms with van der Waals surface area (Å²) in [4.78, 5) is 0. The van der Waals surface area contributed by atoms with Crippen molar-refractivity contribution in [1.29, 1.82) is 0 Å². The van der Waals surface area contributed by atoms with Crippen LogP contribution in [-0.2, 0) is 38.8 Å². The maximum absolute atomic E-state index is 6.57. The Morgan fingerprint density at radius 3 is 1.81 bits per heavy atom. The lowest BCUT2D eigenvalue weighted by Crippen LogP contribution is -2.53. The first-order chi connectivity index (χ1) is 20.8. The topological polar surface area (TPSA) is 46.2 Å².